The van der Waals surface area contributed by atoms with E-state index in [4.69, 9.17) is 4.74 Å². The van der Waals surface area contributed by atoms with Crippen LogP contribution in [0.1, 0.15) is 19.8 Å². The lowest BCUT2D eigenvalue weighted by molar-refractivity contribution is 0.317. The lowest BCUT2D eigenvalue weighted by Crippen LogP contribution is -2.36. The van der Waals surface area contributed by atoms with Crippen LogP contribution in [-0.2, 0) is 10.0 Å². The minimum absolute atomic E-state index is 0.0129. The van der Waals surface area contributed by atoms with Gasteiger partial charge in [0.05, 0.1) is 11.5 Å². The van der Waals surface area contributed by atoms with E-state index in [0.29, 0.717) is 18.9 Å². The van der Waals surface area contributed by atoms with Crippen LogP contribution in [0, 0.1) is 0 Å². The van der Waals surface area contributed by atoms with Gasteiger partial charge in [-0.2, -0.15) is 0 Å². The van der Waals surface area contributed by atoms with E-state index in [2.05, 4.69) is 10.0 Å². The molecule has 6 heteroatoms. The Bertz CT molecular complexity index is 493. The lowest BCUT2D eigenvalue weighted by Gasteiger charge is -2.12. The Balaban J connectivity index is 2.03. The Kier molecular flexibility index (Phi) is 4.79. The number of sulfonamides is 1. The van der Waals surface area contributed by atoms with Crippen LogP contribution < -0.4 is 14.8 Å². The molecule has 1 aromatic rings. The summed E-state index contributed by atoms with van der Waals surface area (Å²) in [5, 5.41) is 3.13. The third-order valence-electron chi connectivity index (χ3n) is 2.99. The Morgan fingerprint density at radius 1 is 1.37 bits per heavy atom. The molecule has 1 saturated heterocycles. The molecule has 0 radical (unpaired) electrons. The monoisotopic (exact) mass is 284 g/mol. The predicted molar refractivity (Wildman–Crippen MR) is 73.8 cm³/mol. The first-order valence-corrected chi connectivity index (χ1v) is 8.06. The van der Waals surface area contributed by atoms with Gasteiger partial charge in [0.15, 0.2) is 0 Å². The van der Waals surface area contributed by atoms with E-state index in [-0.39, 0.29) is 10.9 Å². The maximum Gasteiger partial charge on any atom is 0.240 e. The van der Waals surface area contributed by atoms with Crippen molar-refractivity contribution >= 4 is 10.0 Å². The molecule has 1 aliphatic rings. The van der Waals surface area contributed by atoms with E-state index in [1.54, 1.807) is 24.3 Å². The highest BCUT2D eigenvalue weighted by Gasteiger charge is 2.22. The highest BCUT2D eigenvalue weighted by Crippen LogP contribution is 2.17. The summed E-state index contributed by atoms with van der Waals surface area (Å²) < 4.78 is 32.4. The smallest absolute Gasteiger partial charge is 0.240 e. The first-order chi connectivity index (χ1) is 9.12. The van der Waals surface area contributed by atoms with E-state index in [1.807, 2.05) is 6.92 Å². The fourth-order valence-corrected chi connectivity index (χ4v) is 3.25. The molecule has 0 aliphatic carbocycles. The molecule has 2 N–H and O–H groups in total. The van der Waals surface area contributed by atoms with E-state index in [0.717, 1.165) is 19.4 Å². The van der Waals surface area contributed by atoms with Crippen LogP contribution in [0.2, 0.25) is 0 Å². The van der Waals surface area contributed by atoms with Gasteiger partial charge in [0.25, 0.3) is 0 Å². The molecular weight excluding hydrogens is 264 g/mol. The van der Waals surface area contributed by atoms with Crippen molar-refractivity contribution in [3.05, 3.63) is 24.3 Å². The average Bonchev–Trinajstić information content (AvgIpc) is 2.89. The summed E-state index contributed by atoms with van der Waals surface area (Å²) in [6, 6.07) is 6.53. The van der Waals surface area contributed by atoms with Crippen molar-refractivity contribution in [2.75, 3.05) is 19.7 Å². The van der Waals surface area contributed by atoms with Crippen molar-refractivity contribution < 1.29 is 13.2 Å². The molecular formula is C13H20N2O3S. The quantitative estimate of drug-likeness (QED) is 0.821. The number of rotatable bonds is 6. The first kappa shape index (κ1) is 14.3. The largest absolute Gasteiger partial charge is 0.494 e. The second-order valence-electron chi connectivity index (χ2n) is 4.63. The van der Waals surface area contributed by atoms with Gasteiger partial charge in [0.2, 0.25) is 10.0 Å². The summed E-state index contributed by atoms with van der Waals surface area (Å²) in [5.41, 5.74) is 0. The van der Waals surface area contributed by atoms with Crippen LogP contribution >= 0.6 is 0 Å². The van der Waals surface area contributed by atoms with Gasteiger partial charge >= 0.3 is 0 Å². The van der Waals surface area contributed by atoms with Crippen molar-refractivity contribution in [1.82, 2.24) is 10.0 Å². The maximum atomic E-state index is 12.1. The van der Waals surface area contributed by atoms with Gasteiger partial charge in [0, 0.05) is 12.6 Å². The minimum atomic E-state index is -3.43. The van der Waals surface area contributed by atoms with E-state index < -0.39 is 10.0 Å². The second-order valence-corrected chi connectivity index (χ2v) is 6.34. The summed E-state index contributed by atoms with van der Waals surface area (Å²) in [6.45, 7) is 4.21. The SMILES string of the molecule is CCCOc1ccc(S(=O)(=O)N[C@@H]2CCNC2)cc1. The highest BCUT2D eigenvalue weighted by molar-refractivity contribution is 7.89. The normalized spacial score (nSPS) is 19.5. The summed E-state index contributed by atoms with van der Waals surface area (Å²) in [7, 11) is -3.43. The van der Waals surface area contributed by atoms with Gasteiger partial charge in [-0.1, -0.05) is 6.92 Å². The zero-order chi connectivity index (χ0) is 13.7. The molecule has 0 unspecified atom stereocenters. The van der Waals surface area contributed by atoms with Gasteiger partial charge in [-0.15, -0.1) is 0 Å². The molecule has 106 valence electrons. The predicted octanol–water partition coefficient (Wildman–Crippen LogP) is 1.12. The van der Waals surface area contributed by atoms with E-state index >= 15 is 0 Å². The Morgan fingerprint density at radius 3 is 2.68 bits per heavy atom. The van der Waals surface area contributed by atoms with Crippen LogP contribution in [0.25, 0.3) is 0 Å². The number of hydrogen-bond acceptors (Lipinski definition) is 4. The van der Waals surface area contributed by atoms with Crippen LogP contribution in [0.3, 0.4) is 0 Å². The molecule has 1 fully saturated rings. The maximum absolute atomic E-state index is 12.1. The topological polar surface area (TPSA) is 67.4 Å². The summed E-state index contributed by atoms with van der Waals surface area (Å²) in [5.74, 6) is 0.698. The van der Waals surface area contributed by atoms with Gasteiger partial charge in [0.1, 0.15) is 5.75 Å². The van der Waals surface area contributed by atoms with Gasteiger partial charge in [-0.05, 0) is 43.7 Å². The van der Waals surface area contributed by atoms with Gasteiger partial charge in [-0.25, -0.2) is 13.1 Å². The van der Waals surface area contributed by atoms with E-state index in [9.17, 15) is 8.42 Å². The molecule has 0 saturated carbocycles. The van der Waals surface area contributed by atoms with Gasteiger partial charge < -0.3 is 10.1 Å². The molecule has 0 spiro atoms. The first-order valence-electron chi connectivity index (χ1n) is 6.58. The zero-order valence-corrected chi connectivity index (χ0v) is 11.9. The lowest BCUT2D eigenvalue weighted by atomic mass is 10.3. The molecule has 0 amide bonds. The molecule has 1 aromatic carbocycles. The highest BCUT2D eigenvalue weighted by atomic mass is 32.2. The molecule has 0 bridgehead atoms. The third-order valence-corrected chi connectivity index (χ3v) is 4.53. The Hall–Kier alpha value is -1.11. The van der Waals surface area contributed by atoms with Crippen molar-refractivity contribution in [3.63, 3.8) is 0 Å². The summed E-state index contributed by atoms with van der Waals surface area (Å²) in [4.78, 5) is 0.281. The number of ether oxygens (including phenoxy) is 1. The molecule has 1 aliphatic heterocycles. The molecule has 0 aromatic heterocycles. The van der Waals surface area contributed by atoms with Crippen LogP contribution in [0.4, 0.5) is 0 Å². The van der Waals surface area contributed by atoms with Crippen LogP contribution in [0.5, 0.6) is 5.75 Å². The minimum Gasteiger partial charge on any atom is -0.494 e. The van der Waals surface area contributed by atoms with Gasteiger partial charge in [-0.3, -0.25) is 0 Å². The summed E-state index contributed by atoms with van der Waals surface area (Å²) >= 11 is 0. The second kappa shape index (κ2) is 6.36. The Morgan fingerprint density at radius 2 is 2.11 bits per heavy atom. The fraction of sp³-hybridized carbons (Fsp3) is 0.538. The Labute approximate surface area is 114 Å². The zero-order valence-electron chi connectivity index (χ0n) is 11.1. The number of benzene rings is 1. The van der Waals surface area contributed by atoms with Crippen molar-refractivity contribution in [3.8, 4) is 5.75 Å². The van der Waals surface area contributed by atoms with Crippen molar-refractivity contribution in [2.45, 2.75) is 30.7 Å². The van der Waals surface area contributed by atoms with Crippen LogP contribution in [-0.4, -0.2) is 34.2 Å². The van der Waals surface area contributed by atoms with Crippen LogP contribution in [0.15, 0.2) is 29.2 Å². The average molecular weight is 284 g/mol. The molecule has 5 nitrogen and oxygen atoms in total. The standard InChI is InChI=1S/C13H20N2O3S/c1-2-9-18-12-3-5-13(6-4-12)19(16,17)15-11-7-8-14-10-11/h3-6,11,14-15H,2,7-10H2,1H3/t11-/m1/s1. The fourth-order valence-electron chi connectivity index (χ4n) is 1.98. The van der Waals surface area contributed by atoms with Crippen molar-refractivity contribution in [1.29, 1.82) is 0 Å². The molecule has 2 rings (SSSR count). The van der Waals surface area contributed by atoms with Crippen molar-refractivity contribution in [2.24, 2.45) is 0 Å². The third kappa shape index (κ3) is 3.92. The molecule has 1 atom stereocenters. The number of nitrogens with one attached hydrogen (secondary N) is 2. The molecule has 1 heterocycles. The molecule has 19 heavy (non-hydrogen) atoms. The van der Waals surface area contributed by atoms with E-state index in [1.165, 1.54) is 0 Å². The number of hydrogen-bond donors (Lipinski definition) is 2. The summed E-state index contributed by atoms with van der Waals surface area (Å²) in [6.07, 6.45) is 1.76.